The molecule has 5 nitrogen and oxygen atoms in total. The van der Waals surface area contributed by atoms with Crippen LogP contribution < -0.4 is 15.2 Å². The van der Waals surface area contributed by atoms with Gasteiger partial charge in [-0.3, -0.25) is 0 Å². The van der Waals surface area contributed by atoms with Crippen molar-refractivity contribution in [2.75, 3.05) is 20.8 Å². The summed E-state index contributed by atoms with van der Waals surface area (Å²) < 4.78 is 15.5. The molecule has 2 rings (SSSR count). The molecule has 2 aromatic rings. The Morgan fingerprint density at radius 1 is 1.22 bits per heavy atom. The fourth-order valence-electron chi connectivity index (χ4n) is 1.81. The van der Waals surface area contributed by atoms with Gasteiger partial charge in [-0.15, -0.1) is 0 Å². The summed E-state index contributed by atoms with van der Waals surface area (Å²) in [5.74, 6) is 1.35. The lowest BCUT2D eigenvalue weighted by atomic mass is 10.1. The van der Waals surface area contributed by atoms with Crippen LogP contribution in [0, 0.1) is 0 Å². The first kappa shape index (κ1) is 12.4. The van der Waals surface area contributed by atoms with Gasteiger partial charge in [0.1, 0.15) is 12.0 Å². The molecule has 2 N–H and O–H groups in total. The molecule has 0 aliphatic rings. The van der Waals surface area contributed by atoms with Gasteiger partial charge in [-0.2, -0.15) is 0 Å². The molecular formula is C13H16N2O3. The summed E-state index contributed by atoms with van der Waals surface area (Å²) >= 11 is 0. The monoisotopic (exact) mass is 248 g/mol. The van der Waals surface area contributed by atoms with Crippen molar-refractivity contribution >= 4 is 0 Å². The van der Waals surface area contributed by atoms with E-state index in [-0.39, 0.29) is 0 Å². The van der Waals surface area contributed by atoms with Gasteiger partial charge in [-0.1, -0.05) is 5.16 Å². The van der Waals surface area contributed by atoms with Crippen LogP contribution in [0.15, 0.2) is 29.0 Å². The number of hydrogen-bond donors (Lipinski definition) is 1. The zero-order chi connectivity index (χ0) is 13.0. The number of methoxy groups -OCH3 is 2. The molecule has 0 radical (unpaired) electrons. The molecule has 0 aliphatic carbocycles. The first-order valence-electron chi connectivity index (χ1n) is 5.66. The maximum Gasteiger partial charge on any atom is 0.161 e. The minimum atomic E-state index is 0.557. The van der Waals surface area contributed by atoms with Crippen LogP contribution in [0.2, 0.25) is 0 Å². The van der Waals surface area contributed by atoms with Crippen molar-refractivity contribution in [3.05, 3.63) is 30.0 Å². The summed E-state index contributed by atoms with van der Waals surface area (Å²) in [5.41, 5.74) is 8.26. The lowest BCUT2D eigenvalue weighted by Gasteiger charge is -2.08. The summed E-state index contributed by atoms with van der Waals surface area (Å²) in [7, 11) is 3.21. The molecule has 0 aliphatic heterocycles. The van der Waals surface area contributed by atoms with Crippen LogP contribution in [0.5, 0.6) is 11.5 Å². The molecule has 0 spiro atoms. The topological polar surface area (TPSA) is 70.5 Å². The van der Waals surface area contributed by atoms with Crippen molar-refractivity contribution in [3.8, 4) is 22.8 Å². The normalized spacial score (nSPS) is 10.4. The van der Waals surface area contributed by atoms with Crippen molar-refractivity contribution in [1.29, 1.82) is 0 Å². The Bertz CT molecular complexity index is 523. The first-order valence-corrected chi connectivity index (χ1v) is 5.66. The van der Waals surface area contributed by atoms with E-state index in [0.29, 0.717) is 18.0 Å². The predicted octanol–water partition coefficient (Wildman–Crippen LogP) is 1.86. The molecule has 0 fully saturated rings. The Balaban J connectivity index is 2.41. The number of hydrogen-bond acceptors (Lipinski definition) is 5. The highest BCUT2D eigenvalue weighted by Crippen LogP contribution is 2.32. The van der Waals surface area contributed by atoms with Gasteiger partial charge in [-0.25, -0.2) is 0 Å². The van der Waals surface area contributed by atoms with E-state index in [2.05, 4.69) is 5.16 Å². The second-order valence-corrected chi connectivity index (χ2v) is 3.80. The van der Waals surface area contributed by atoms with Crippen LogP contribution in [0.3, 0.4) is 0 Å². The molecule has 96 valence electrons. The van der Waals surface area contributed by atoms with E-state index >= 15 is 0 Å². The third kappa shape index (κ3) is 2.31. The molecule has 1 aromatic heterocycles. The summed E-state index contributed by atoms with van der Waals surface area (Å²) in [5, 5.41) is 4.01. The Labute approximate surface area is 105 Å². The van der Waals surface area contributed by atoms with Gasteiger partial charge >= 0.3 is 0 Å². The van der Waals surface area contributed by atoms with Gasteiger partial charge in [0.2, 0.25) is 0 Å². The Kier molecular flexibility index (Phi) is 3.84. The Morgan fingerprint density at radius 2 is 2.00 bits per heavy atom. The first-order chi connectivity index (χ1) is 8.80. The molecule has 1 heterocycles. The fourth-order valence-corrected chi connectivity index (χ4v) is 1.81. The zero-order valence-electron chi connectivity index (χ0n) is 10.5. The van der Waals surface area contributed by atoms with E-state index in [9.17, 15) is 0 Å². The second kappa shape index (κ2) is 5.55. The van der Waals surface area contributed by atoms with Gasteiger partial charge < -0.3 is 19.7 Å². The SMILES string of the molecule is COc1ccc(-c2nocc2CCN)cc1OC. The zero-order valence-corrected chi connectivity index (χ0v) is 10.5. The second-order valence-electron chi connectivity index (χ2n) is 3.80. The number of benzene rings is 1. The molecule has 0 atom stereocenters. The molecule has 0 unspecified atom stereocenters. The van der Waals surface area contributed by atoms with Gasteiger partial charge in [-0.05, 0) is 31.2 Å². The molecule has 18 heavy (non-hydrogen) atoms. The van der Waals surface area contributed by atoms with Crippen LogP contribution in [0.25, 0.3) is 11.3 Å². The van der Waals surface area contributed by atoms with Crippen molar-refractivity contribution in [2.45, 2.75) is 6.42 Å². The molecule has 0 amide bonds. The van der Waals surface area contributed by atoms with E-state index in [1.54, 1.807) is 20.5 Å². The number of ether oxygens (including phenoxy) is 2. The van der Waals surface area contributed by atoms with Gasteiger partial charge in [0.25, 0.3) is 0 Å². The standard InChI is InChI=1S/C13H16N2O3/c1-16-11-4-3-9(7-12(11)17-2)13-10(5-6-14)8-18-15-13/h3-4,7-8H,5-6,14H2,1-2H3. The third-order valence-electron chi connectivity index (χ3n) is 2.71. The molecular weight excluding hydrogens is 232 g/mol. The third-order valence-corrected chi connectivity index (χ3v) is 2.71. The highest BCUT2D eigenvalue weighted by Gasteiger charge is 2.12. The minimum absolute atomic E-state index is 0.557. The maximum atomic E-state index is 5.55. The molecule has 1 aromatic carbocycles. The fraction of sp³-hybridized carbons (Fsp3) is 0.308. The number of nitrogens with zero attached hydrogens (tertiary/aromatic N) is 1. The van der Waals surface area contributed by atoms with E-state index in [1.165, 1.54) is 0 Å². The van der Waals surface area contributed by atoms with Crippen LogP contribution in [-0.2, 0) is 6.42 Å². The van der Waals surface area contributed by atoms with Crippen molar-refractivity contribution < 1.29 is 14.0 Å². The molecule has 0 saturated heterocycles. The molecule has 0 saturated carbocycles. The summed E-state index contributed by atoms with van der Waals surface area (Å²) in [6.45, 7) is 0.557. The average Bonchev–Trinajstić information content (AvgIpc) is 2.86. The Morgan fingerprint density at radius 3 is 2.67 bits per heavy atom. The van der Waals surface area contributed by atoms with E-state index in [0.717, 1.165) is 23.2 Å². The van der Waals surface area contributed by atoms with Crippen molar-refractivity contribution in [1.82, 2.24) is 5.16 Å². The molecule has 5 heteroatoms. The summed E-state index contributed by atoms with van der Waals surface area (Å²) in [4.78, 5) is 0. The summed E-state index contributed by atoms with van der Waals surface area (Å²) in [6, 6.07) is 5.63. The number of rotatable bonds is 5. The van der Waals surface area contributed by atoms with E-state index < -0.39 is 0 Å². The lowest BCUT2D eigenvalue weighted by molar-refractivity contribution is 0.355. The summed E-state index contributed by atoms with van der Waals surface area (Å²) in [6.07, 6.45) is 2.35. The highest BCUT2D eigenvalue weighted by atomic mass is 16.5. The van der Waals surface area contributed by atoms with E-state index in [1.807, 2.05) is 18.2 Å². The predicted molar refractivity (Wildman–Crippen MR) is 67.8 cm³/mol. The minimum Gasteiger partial charge on any atom is -0.493 e. The smallest absolute Gasteiger partial charge is 0.161 e. The van der Waals surface area contributed by atoms with Crippen LogP contribution in [0.1, 0.15) is 5.56 Å². The Hall–Kier alpha value is -2.01. The van der Waals surface area contributed by atoms with Crippen molar-refractivity contribution in [3.63, 3.8) is 0 Å². The van der Waals surface area contributed by atoms with Gasteiger partial charge in [0.05, 0.1) is 14.2 Å². The number of nitrogens with two attached hydrogens (primary N) is 1. The lowest BCUT2D eigenvalue weighted by Crippen LogP contribution is -2.02. The highest BCUT2D eigenvalue weighted by molar-refractivity contribution is 5.66. The van der Waals surface area contributed by atoms with Crippen LogP contribution in [-0.4, -0.2) is 25.9 Å². The molecule has 0 bridgehead atoms. The quantitative estimate of drug-likeness (QED) is 0.874. The van der Waals surface area contributed by atoms with Crippen LogP contribution >= 0.6 is 0 Å². The number of aromatic nitrogens is 1. The maximum absolute atomic E-state index is 5.55. The van der Waals surface area contributed by atoms with E-state index in [4.69, 9.17) is 19.7 Å². The average molecular weight is 248 g/mol. The van der Waals surface area contributed by atoms with Gasteiger partial charge in [0, 0.05) is 11.1 Å². The van der Waals surface area contributed by atoms with Crippen molar-refractivity contribution in [2.24, 2.45) is 5.73 Å². The van der Waals surface area contributed by atoms with Crippen LogP contribution in [0.4, 0.5) is 0 Å². The van der Waals surface area contributed by atoms with Gasteiger partial charge in [0.15, 0.2) is 11.5 Å². The largest absolute Gasteiger partial charge is 0.493 e.